The van der Waals surface area contributed by atoms with Gasteiger partial charge in [0.05, 0.1) is 18.6 Å². The first kappa shape index (κ1) is 33.6. The summed E-state index contributed by atoms with van der Waals surface area (Å²) in [6, 6.07) is 21.3. The van der Waals surface area contributed by atoms with Crippen LogP contribution >= 0.6 is 0 Å². The van der Waals surface area contributed by atoms with E-state index in [2.05, 4.69) is 5.32 Å². The summed E-state index contributed by atoms with van der Waals surface area (Å²) in [6.07, 6.45) is 1.60. The molecule has 0 fully saturated rings. The number of sulfonamides is 1. The zero-order valence-corrected chi connectivity index (χ0v) is 26.1. The second kappa shape index (κ2) is 16.1. The van der Waals surface area contributed by atoms with E-state index in [1.807, 2.05) is 51.1 Å². The van der Waals surface area contributed by atoms with Crippen molar-refractivity contribution in [2.75, 3.05) is 30.3 Å². The Morgan fingerprint density at radius 1 is 0.930 bits per heavy atom. The smallest absolute Gasteiger partial charge is 0.243 e. The molecule has 8 nitrogen and oxygen atoms in total. The van der Waals surface area contributed by atoms with Crippen LogP contribution in [0, 0.1) is 11.7 Å². The molecule has 232 valence electrons. The van der Waals surface area contributed by atoms with Crippen molar-refractivity contribution in [3.05, 3.63) is 95.8 Å². The summed E-state index contributed by atoms with van der Waals surface area (Å²) in [7, 11) is -3.69. The van der Waals surface area contributed by atoms with E-state index in [1.54, 1.807) is 36.4 Å². The van der Waals surface area contributed by atoms with Crippen LogP contribution in [0.5, 0.6) is 5.75 Å². The van der Waals surface area contributed by atoms with Gasteiger partial charge in [-0.3, -0.25) is 13.9 Å². The molecule has 3 aromatic rings. The molecule has 10 heteroatoms. The highest BCUT2D eigenvalue weighted by atomic mass is 32.2. The average Bonchev–Trinajstić information content (AvgIpc) is 2.97. The molecule has 0 aliphatic carbocycles. The quantitative estimate of drug-likeness (QED) is 0.241. The molecule has 0 spiro atoms. The number of ether oxygens (including phenoxy) is 1. The van der Waals surface area contributed by atoms with Gasteiger partial charge in [-0.1, -0.05) is 68.4 Å². The molecular weight excluding hydrogens is 569 g/mol. The number of rotatable bonds is 16. The van der Waals surface area contributed by atoms with Crippen LogP contribution < -0.4 is 14.4 Å². The summed E-state index contributed by atoms with van der Waals surface area (Å²) in [5.74, 6) is -0.341. The fourth-order valence-electron chi connectivity index (χ4n) is 4.69. The first-order valence-corrected chi connectivity index (χ1v) is 16.4. The number of halogens is 1. The molecule has 43 heavy (non-hydrogen) atoms. The number of hydrogen-bond acceptors (Lipinski definition) is 5. The minimum absolute atomic E-state index is 0.00718. The fraction of sp³-hybridized carbons (Fsp3) is 0.394. The van der Waals surface area contributed by atoms with Gasteiger partial charge in [0.1, 0.15) is 17.6 Å². The van der Waals surface area contributed by atoms with E-state index in [9.17, 15) is 22.4 Å². The van der Waals surface area contributed by atoms with Crippen molar-refractivity contribution >= 4 is 27.5 Å². The Morgan fingerprint density at radius 2 is 1.58 bits per heavy atom. The van der Waals surface area contributed by atoms with E-state index in [-0.39, 0.29) is 50.1 Å². The average molecular weight is 612 g/mol. The first-order valence-electron chi connectivity index (χ1n) is 14.5. The Morgan fingerprint density at radius 3 is 2.21 bits per heavy atom. The van der Waals surface area contributed by atoms with Crippen LogP contribution in [0.1, 0.15) is 44.7 Å². The van der Waals surface area contributed by atoms with E-state index in [0.717, 1.165) is 11.8 Å². The van der Waals surface area contributed by atoms with Crippen LogP contribution in [0.25, 0.3) is 0 Å². The van der Waals surface area contributed by atoms with E-state index in [4.69, 9.17) is 4.74 Å². The third-order valence-corrected chi connectivity index (χ3v) is 7.99. The Labute approximate surface area is 254 Å². The number of anilines is 1. The van der Waals surface area contributed by atoms with Crippen LogP contribution in [0.4, 0.5) is 10.1 Å². The van der Waals surface area contributed by atoms with Crippen molar-refractivity contribution in [2.45, 2.75) is 52.6 Å². The van der Waals surface area contributed by atoms with Gasteiger partial charge in [0.25, 0.3) is 0 Å². The third-order valence-electron chi connectivity index (χ3n) is 6.81. The van der Waals surface area contributed by atoms with Crippen molar-refractivity contribution in [3.63, 3.8) is 0 Å². The number of hydrogen-bond donors (Lipinski definition) is 1. The van der Waals surface area contributed by atoms with Crippen LogP contribution in [0.15, 0.2) is 78.9 Å². The molecular formula is C33H42FN3O5S. The number of benzene rings is 3. The summed E-state index contributed by atoms with van der Waals surface area (Å²) in [5, 5.41) is 2.97. The lowest BCUT2D eigenvalue weighted by atomic mass is 10.0. The zero-order chi connectivity index (χ0) is 31.4. The Balaban J connectivity index is 1.89. The second-order valence-corrected chi connectivity index (χ2v) is 12.7. The number of carbonyl (C=O) groups is 2. The normalized spacial score (nSPS) is 12.0. The molecule has 0 bridgehead atoms. The van der Waals surface area contributed by atoms with Gasteiger partial charge >= 0.3 is 0 Å². The fourth-order valence-corrected chi connectivity index (χ4v) is 5.66. The summed E-state index contributed by atoms with van der Waals surface area (Å²) in [4.78, 5) is 29.0. The van der Waals surface area contributed by atoms with Crippen molar-refractivity contribution in [2.24, 2.45) is 5.92 Å². The van der Waals surface area contributed by atoms with Crippen LogP contribution in [-0.4, -0.2) is 57.1 Å². The van der Waals surface area contributed by atoms with Gasteiger partial charge in [-0.15, -0.1) is 0 Å². The predicted octanol–water partition coefficient (Wildman–Crippen LogP) is 5.18. The number of amides is 2. The summed E-state index contributed by atoms with van der Waals surface area (Å²) in [6.45, 7) is 6.75. The molecule has 0 heterocycles. The number of carbonyl (C=O) groups excluding carboxylic acids is 2. The molecule has 1 N–H and O–H groups in total. The molecule has 0 aromatic heterocycles. The van der Waals surface area contributed by atoms with Crippen molar-refractivity contribution in [1.82, 2.24) is 10.2 Å². The van der Waals surface area contributed by atoms with E-state index < -0.39 is 21.9 Å². The van der Waals surface area contributed by atoms with Gasteiger partial charge in [-0.05, 0) is 54.7 Å². The monoisotopic (exact) mass is 611 g/mol. The Bertz CT molecular complexity index is 1430. The number of nitrogens with zero attached hydrogens (tertiary/aromatic N) is 2. The summed E-state index contributed by atoms with van der Waals surface area (Å²) in [5.41, 5.74) is 1.96. The minimum atomic E-state index is -3.69. The highest BCUT2D eigenvalue weighted by Crippen LogP contribution is 2.30. The van der Waals surface area contributed by atoms with Crippen molar-refractivity contribution in [3.8, 4) is 5.75 Å². The predicted molar refractivity (Wildman–Crippen MR) is 168 cm³/mol. The molecule has 0 saturated heterocycles. The van der Waals surface area contributed by atoms with Gasteiger partial charge in [0.2, 0.25) is 21.8 Å². The molecule has 0 radical (unpaired) electrons. The molecule has 0 aliphatic heterocycles. The van der Waals surface area contributed by atoms with Crippen molar-refractivity contribution < 1.29 is 27.1 Å². The van der Waals surface area contributed by atoms with Crippen LogP contribution in [0.3, 0.4) is 0 Å². The van der Waals surface area contributed by atoms with Crippen molar-refractivity contribution in [1.29, 1.82) is 0 Å². The van der Waals surface area contributed by atoms with Gasteiger partial charge in [0.15, 0.2) is 0 Å². The molecule has 0 aliphatic rings. The second-order valence-electron chi connectivity index (χ2n) is 10.8. The van der Waals surface area contributed by atoms with Gasteiger partial charge in [0, 0.05) is 32.5 Å². The third kappa shape index (κ3) is 10.4. The lowest BCUT2D eigenvalue weighted by Crippen LogP contribution is -2.51. The molecule has 1 atom stereocenters. The zero-order valence-electron chi connectivity index (χ0n) is 25.3. The maximum absolute atomic E-state index is 13.9. The lowest BCUT2D eigenvalue weighted by molar-refractivity contribution is -0.141. The molecule has 2 amide bonds. The Kier molecular flexibility index (Phi) is 12.5. The van der Waals surface area contributed by atoms with Crippen LogP contribution in [-0.2, 0) is 32.6 Å². The van der Waals surface area contributed by atoms with Gasteiger partial charge in [-0.2, -0.15) is 0 Å². The first-order chi connectivity index (χ1) is 20.5. The van der Waals surface area contributed by atoms with Gasteiger partial charge < -0.3 is 15.0 Å². The number of para-hydroxylation sites is 2. The summed E-state index contributed by atoms with van der Waals surface area (Å²) >= 11 is 0. The van der Waals surface area contributed by atoms with E-state index >= 15 is 0 Å². The standard InChI is InChI=1S/C33H42FN3O5S/c1-5-42-31-15-10-9-14-29(31)37(43(4,40)41)21-11-16-32(38)36(24-27-17-19-28(34)20-18-27)30(33(39)35-23-25(2)3)22-26-12-7-6-8-13-26/h6-10,12-15,17-20,25,30H,5,11,16,21-24H2,1-4H3,(H,35,39)/t30-/m1/s1. The maximum Gasteiger partial charge on any atom is 0.243 e. The SMILES string of the molecule is CCOc1ccccc1N(CCCC(=O)N(Cc1ccc(F)cc1)[C@H](Cc1ccccc1)C(=O)NCC(C)C)S(C)(=O)=O. The summed E-state index contributed by atoms with van der Waals surface area (Å²) < 4.78 is 46.2. The highest BCUT2D eigenvalue weighted by Gasteiger charge is 2.31. The maximum atomic E-state index is 13.9. The van der Waals surface area contributed by atoms with E-state index in [1.165, 1.54) is 21.3 Å². The topological polar surface area (TPSA) is 96.0 Å². The minimum Gasteiger partial charge on any atom is -0.492 e. The lowest BCUT2D eigenvalue weighted by Gasteiger charge is -2.32. The molecule has 3 aromatic carbocycles. The molecule has 0 saturated carbocycles. The van der Waals surface area contributed by atoms with E-state index in [0.29, 0.717) is 30.2 Å². The highest BCUT2D eigenvalue weighted by molar-refractivity contribution is 7.92. The Hall–Kier alpha value is -3.92. The number of nitrogens with one attached hydrogen (secondary N) is 1. The largest absolute Gasteiger partial charge is 0.492 e. The van der Waals surface area contributed by atoms with Gasteiger partial charge in [-0.25, -0.2) is 12.8 Å². The molecule has 3 rings (SSSR count). The van der Waals surface area contributed by atoms with Crippen LogP contribution in [0.2, 0.25) is 0 Å². The molecule has 0 unspecified atom stereocenters.